The topological polar surface area (TPSA) is 46.3 Å². The zero-order valence-electron chi connectivity index (χ0n) is 13.2. The summed E-state index contributed by atoms with van der Waals surface area (Å²) in [6, 6.07) is 7.74. The summed E-state index contributed by atoms with van der Waals surface area (Å²) in [7, 11) is 0. The highest BCUT2D eigenvalue weighted by Gasteiger charge is 2.16. The molecule has 1 saturated heterocycles. The van der Waals surface area contributed by atoms with Gasteiger partial charge in [-0.2, -0.15) is 9.61 Å². The quantitative estimate of drug-likeness (QED) is 0.706. The van der Waals surface area contributed by atoms with Crippen molar-refractivity contribution in [1.82, 2.24) is 24.7 Å². The second-order valence-electron chi connectivity index (χ2n) is 5.97. The molecule has 0 spiro atoms. The molecule has 124 valence electrons. The molecule has 3 heterocycles. The zero-order valence-corrected chi connectivity index (χ0v) is 14.8. The molecule has 0 aliphatic carbocycles. The van der Waals surface area contributed by atoms with E-state index < -0.39 is 0 Å². The number of hydrogen-bond acceptors (Lipinski definition) is 5. The molecular formula is C17H18ClN5S. The van der Waals surface area contributed by atoms with Crippen LogP contribution in [0.1, 0.15) is 35.7 Å². The van der Waals surface area contributed by atoms with Crippen molar-refractivity contribution < 1.29 is 0 Å². The Hall–Kier alpha value is -1.76. The molecule has 4 rings (SSSR count). The van der Waals surface area contributed by atoms with Gasteiger partial charge in [0, 0.05) is 5.02 Å². The van der Waals surface area contributed by atoms with Crippen molar-refractivity contribution in [3.8, 4) is 0 Å². The van der Waals surface area contributed by atoms with Crippen LogP contribution < -0.4 is 0 Å². The highest BCUT2D eigenvalue weighted by molar-refractivity contribution is 7.17. The fraction of sp³-hybridized carbons (Fsp3) is 0.353. The first-order valence-corrected chi connectivity index (χ1v) is 9.34. The molecule has 0 saturated carbocycles. The third-order valence-corrected chi connectivity index (χ3v) is 5.29. The van der Waals surface area contributed by atoms with Crippen molar-refractivity contribution in [2.75, 3.05) is 13.1 Å². The lowest BCUT2D eigenvalue weighted by Gasteiger charge is -2.25. The van der Waals surface area contributed by atoms with Gasteiger partial charge in [-0.25, -0.2) is 0 Å². The average Bonchev–Trinajstić information content (AvgIpc) is 3.17. The highest BCUT2D eigenvalue weighted by atomic mass is 35.5. The van der Waals surface area contributed by atoms with E-state index in [0.717, 1.165) is 46.0 Å². The number of benzene rings is 1. The van der Waals surface area contributed by atoms with E-state index in [-0.39, 0.29) is 0 Å². The third-order valence-electron chi connectivity index (χ3n) is 4.17. The standard InChI is InChI=1S/C17H18ClN5S/c18-14-7-4-13(5-8-14)6-9-16-21-23-15(19-20-17(23)24-16)12-22-10-2-1-3-11-22/h4-9H,1-3,10-12H2. The fourth-order valence-corrected chi connectivity index (χ4v) is 3.78. The number of likely N-dealkylation sites (tertiary alicyclic amines) is 1. The Morgan fingerprint density at radius 3 is 2.62 bits per heavy atom. The predicted molar refractivity (Wildman–Crippen MR) is 98.2 cm³/mol. The van der Waals surface area contributed by atoms with E-state index in [1.807, 2.05) is 40.9 Å². The van der Waals surface area contributed by atoms with Crippen LogP contribution in [0.15, 0.2) is 24.3 Å². The molecule has 0 amide bonds. The first-order valence-electron chi connectivity index (χ1n) is 8.15. The molecule has 0 atom stereocenters. The largest absolute Gasteiger partial charge is 0.296 e. The molecular weight excluding hydrogens is 342 g/mol. The molecule has 7 heteroatoms. The number of hydrogen-bond donors (Lipinski definition) is 0. The van der Waals surface area contributed by atoms with E-state index >= 15 is 0 Å². The van der Waals surface area contributed by atoms with Crippen molar-refractivity contribution in [1.29, 1.82) is 0 Å². The van der Waals surface area contributed by atoms with Crippen molar-refractivity contribution >= 4 is 40.1 Å². The van der Waals surface area contributed by atoms with Crippen LogP contribution in [0.3, 0.4) is 0 Å². The summed E-state index contributed by atoms with van der Waals surface area (Å²) in [6.07, 6.45) is 7.92. The molecule has 24 heavy (non-hydrogen) atoms. The lowest BCUT2D eigenvalue weighted by atomic mass is 10.1. The summed E-state index contributed by atoms with van der Waals surface area (Å²) in [5, 5.41) is 14.9. The van der Waals surface area contributed by atoms with Gasteiger partial charge in [0.1, 0.15) is 5.01 Å². The maximum absolute atomic E-state index is 5.91. The molecule has 1 fully saturated rings. The molecule has 1 aliphatic heterocycles. The van der Waals surface area contributed by atoms with E-state index in [1.54, 1.807) is 11.3 Å². The van der Waals surface area contributed by atoms with Gasteiger partial charge in [-0.1, -0.05) is 47.6 Å². The maximum Gasteiger partial charge on any atom is 0.235 e. The van der Waals surface area contributed by atoms with Gasteiger partial charge in [0.15, 0.2) is 5.82 Å². The molecule has 1 aliphatic rings. The van der Waals surface area contributed by atoms with E-state index in [1.165, 1.54) is 19.3 Å². The number of aromatic nitrogens is 4. The van der Waals surface area contributed by atoms with Crippen LogP contribution in [0.2, 0.25) is 5.02 Å². The van der Waals surface area contributed by atoms with Gasteiger partial charge in [0.25, 0.3) is 0 Å². The van der Waals surface area contributed by atoms with Crippen LogP contribution in [-0.4, -0.2) is 37.8 Å². The van der Waals surface area contributed by atoms with E-state index in [2.05, 4.69) is 20.2 Å². The molecule has 0 N–H and O–H groups in total. The normalized spacial score (nSPS) is 16.4. The van der Waals surface area contributed by atoms with Crippen LogP contribution in [0.5, 0.6) is 0 Å². The zero-order chi connectivity index (χ0) is 16.4. The molecule has 5 nitrogen and oxygen atoms in total. The Balaban J connectivity index is 1.51. The van der Waals surface area contributed by atoms with Gasteiger partial charge in [0.05, 0.1) is 6.54 Å². The Kier molecular flexibility index (Phi) is 4.60. The van der Waals surface area contributed by atoms with Crippen LogP contribution in [0.4, 0.5) is 0 Å². The first kappa shape index (κ1) is 15.7. The van der Waals surface area contributed by atoms with E-state index in [9.17, 15) is 0 Å². The van der Waals surface area contributed by atoms with Gasteiger partial charge >= 0.3 is 0 Å². The van der Waals surface area contributed by atoms with Crippen LogP contribution in [0.25, 0.3) is 17.1 Å². The summed E-state index contributed by atoms with van der Waals surface area (Å²) in [6.45, 7) is 3.11. The predicted octanol–water partition coefficient (Wildman–Crippen LogP) is 4.00. The molecule has 1 aromatic carbocycles. The highest BCUT2D eigenvalue weighted by Crippen LogP contribution is 2.19. The van der Waals surface area contributed by atoms with Crippen LogP contribution in [-0.2, 0) is 6.54 Å². The van der Waals surface area contributed by atoms with Gasteiger partial charge in [-0.3, -0.25) is 4.90 Å². The van der Waals surface area contributed by atoms with Crippen molar-refractivity contribution in [2.24, 2.45) is 0 Å². The smallest absolute Gasteiger partial charge is 0.235 e. The fourth-order valence-electron chi connectivity index (χ4n) is 2.90. The van der Waals surface area contributed by atoms with Crippen molar-refractivity contribution in [3.05, 3.63) is 45.7 Å². The van der Waals surface area contributed by atoms with Gasteiger partial charge < -0.3 is 0 Å². The van der Waals surface area contributed by atoms with E-state index in [0.29, 0.717) is 0 Å². The molecule has 2 aromatic heterocycles. The summed E-state index contributed by atoms with van der Waals surface area (Å²) in [5.41, 5.74) is 1.10. The van der Waals surface area contributed by atoms with Gasteiger partial charge in [-0.05, 0) is 49.7 Å². The molecule has 0 unspecified atom stereocenters. The number of halogens is 1. The Morgan fingerprint density at radius 1 is 1.04 bits per heavy atom. The van der Waals surface area contributed by atoms with Crippen LogP contribution >= 0.6 is 22.9 Å². The van der Waals surface area contributed by atoms with E-state index in [4.69, 9.17) is 11.6 Å². The molecule has 0 radical (unpaired) electrons. The number of rotatable bonds is 4. The Morgan fingerprint density at radius 2 is 1.83 bits per heavy atom. The summed E-state index contributed by atoms with van der Waals surface area (Å²) in [4.78, 5) is 3.28. The number of piperidine rings is 1. The minimum Gasteiger partial charge on any atom is -0.296 e. The minimum atomic E-state index is 0.744. The minimum absolute atomic E-state index is 0.744. The molecule has 3 aromatic rings. The SMILES string of the molecule is Clc1ccc(C=Cc2nn3c(CN4CCCCC4)nnc3s2)cc1. The number of nitrogens with zero attached hydrogens (tertiary/aromatic N) is 5. The Bertz CT molecular complexity index is 846. The summed E-state index contributed by atoms with van der Waals surface area (Å²) >= 11 is 7.46. The second-order valence-corrected chi connectivity index (χ2v) is 7.40. The Labute approximate surface area is 149 Å². The first-order chi connectivity index (χ1) is 11.8. The van der Waals surface area contributed by atoms with Crippen LogP contribution in [0, 0.1) is 0 Å². The molecule has 0 bridgehead atoms. The van der Waals surface area contributed by atoms with Crippen molar-refractivity contribution in [2.45, 2.75) is 25.8 Å². The van der Waals surface area contributed by atoms with Crippen molar-refractivity contribution in [3.63, 3.8) is 0 Å². The van der Waals surface area contributed by atoms with Gasteiger partial charge in [-0.15, -0.1) is 10.2 Å². The average molecular weight is 360 g/mol. The van der Waals surface area contributed by atoms with Gasteiger partial charge in [0.2, 0.25) is 4.96 Å². The number of fused-ring (bicyclic) bond motifs is 1. The maximum atomic E-state index is 5.91. The summed E-state index contributed by atoms with van der Waals surface area (Å²) < 4.78 is 1.88. The monoisotopic (exact) mass is 359 g/mol. The summed E-state index contributed by atoms with van der Waals surface area (Å²) in [5.74, 6) is 0.925. The lowest BCUT2D eigenvalue weighted by molar-refractivity contribution is 0.214. The third kappa shape index (κ3) is 3.50. The lowest BCUT2D eigenvalue weighted by Crippen LogP contribution is -2.30. The second kappa shape index (κ2) is 7.01.